The van der Waals surface area contributed by atoms with Gasteiger partial charge in [-0.3, -0.25) is 0 Å². The van der Waals surface area contributed by atoms with Crippen LogP contribution in [0.1, 0.15) is 32.6 Å². The van der Waals surface area contributed by atoms with Crippen LogP contribution in [-0.2, 0) is 24.4 Å². The van der Waals surface area contributed by atoms with Gasteiger partial charge in [0.2, 0.25) is 0 Å². The molecule has 0 rings (SSSR count). The van der Waals surface area contributed by atoms with Crippen molar-refractivity contribution in [3.05, 3.63) is 0 Å². The molecule has 48 valence electrons. The smallest absolute Gasteiger partial charge is 0.870 e. The van der Waals surface area contributed by atoms with E-state index in [-0.39, 0.29) is 5.48 Å². The molecule has 0 aliphatic carbocycles. The normalized spacial score (nSPS) is 8.00. The van der Waals surface area contributed by atoms with Gasteiger partial charge in [0.05, 0.1) is 0 Å². The molecule has 0 saturated heterocycles. The van der Waals surface area contributed by atoms with Crippen molar-refractivity contribution >= 4 is 0 Å². The summed E-state index contributed by atoms with van der Waals surface area (Å²) >= 11 is 1.41. The molecule has 0 saturated carbocycles. The maximum Gasteiger partial charge on any atom is -0.870 e. The Morgan fingerprint density at radius 3 is 2.12 bits per heavy atom. The molecule has 8 heavy (non-hydrogen) atoms. The van der Waals surface area contributed by atoms with E-state index in [0.717, 1.165) is 0 Å². The van der Waals surface area contributed by atoms with E-state index in [4.69, 9.17) is 0 Å². The molecule has 0 atom stereocenters. The summed E-state index contributed by atoms with van der Waals surface area (Å²) in [7, 11) is 0. The van der Waals surface area contributed by atoms with E-state index in [1.54, 1.807) is 0 Å². The summed E-state index contributed by atoms with van der Waals surface area (Å²) in [4.78, 5) is 0. The molecule has 0 radical (unpaired) electrons. The van der Waals surface area contributed by atoms with Crippen LogP contribution in [0, 0.1) is 0 Å². The third kappa shape index (κ3) is 9.95. The second-order valence-corrected chi connectivity index (χ2v) is 3.61. The monoisotopic (exact) mass is 282 g/mol. The Kier molecular flexibility index (Phi) is 15.6. The standard InChI is InChI=1S/C6H13.Hf.H2O/c1-3-5-6-4-2;;/h1,3-6H2,2H3;;1H2/q;+1;/p-1. The van der Waals surface area contributed by atoms with E-state index in [2.05, 4.69) is 6.92 Å². The summed E-state index contributed by atoms with van der Waals surface area (Å²) in [5.41, 5.74) is 0. The summed E-state index contributed by atoms with van der Waals surface area (Å²) in [6.45, 7) is 2.26. The third-order valence-corrected chi connectivity index (χ3v) is 2.30. The molecule has 1 N–H and O–H groups in total. The summed E-state index contributed by atoms with van der Waals surface area (Å²) < 4.78 is 1.50. The quantitative estimate of drug-likeness (QED) is 0.574. The average Bonchev–Trinajstić information content (AvgIpc) is 1.69. The van der Waals surface area contributed by atoms with Crippen LogP contribution in [0.25, 0.3) is 0 Å². The number of hydrogen-bond acceptors (Lipinski definition) is 1. The molecule has 0 heterocycles. The molecule has 0 aromatic rings. The van der Waals surface area contributed by atoms with E-state index in [1.807, 2.05) is 0 Å². The van der Waals surface area contributed by atoms with Gasteiger partial charge in [-0.25, -0.2) is 0 Å². The maximum atomic E-state index is 2.26. The largest absolute Gasteiger partial charge is 0.870 e. The fourth-order valence-corrected chi connectivity index (χ4v) is 1.45. The van der Waals surface area contributed by atoms with Gasteiger partial charge in [0.1, 0.15) is 0 Å². The fraction of sp³-hybridized carbons (Fsp3) is 1.00. The molecule has 2 heteroatoms. The maximum absolute atomic E-state index is 2.26. The van der Waals surface area contributed by atoms with Crippen molar-refractivity contribution in [3.63, 3.8) is 0 Å². The minimum atomic E-state index is 0. The van der Waals surface area contributed by atoms with Gasteiger partial charge in [-0.1, -0.05) is 0 Å². The van der Waals surface area contributed by atoms with Gasteiger partial charge in [0, 0.05) is 0 Å². The number of rotatable bonds is 4. The van der Waals surface area contributed by atoms with Crippen LogP contribution in [0.15, 0.2) is 0 Å². The third-order valence-electron chi connectivity index (χ3n) is 1.03. The van der Waals surface area contributed by atoms with Crippen molar-refractivity contribution in [1.82, 2.24) is 0 Å². The second kappa shape index (κ2) is 10.7. The molecule has 0 bridgehead atoms. The first-order valence-corrected chi connectivity index (χ1v) is 5.60. The van der Waals surface area contributed by atoms with E-state index in [9.17, 15) is 0 Å². The van der Waals surface area contributed by atoms with Crippen LogP contribution in [0.3, 0.4) is 0 Å². The SMILES string of the molecule is CCCCC[CH2][Hf+].[OH-]. The van der Waals surface area contributed by atoms with E-state index in [0.29, 0.717) is 0 Å². The molecule has 0 aliphatic heterocycles. The van der Waals surface area contributed by atoms with Crippen molar-refractivity contribution < 1.29 is 29.9 Å². The molecule has 0 aliphatic rings. The number of unbranched alkanes of at least 4 members (excludes halogenated alkanes) is 3. The Hall–Kier alpha value is 0.830. The Morgan fingerprint density at radius 1 is 1.12 bits per heavy atom. The van der Waals surface area contributed by atoms with Crippen molar-refractivity contribution in [2.24, 2.45) is 0 Å². The van der Waals surface area contributed by atoms with Gasteiger partial charge in [0.15, 0.2) is 0 Å². The molecule has 0 spiro atoms. The van der Waals surface area contributed by atoms with Crippen LogP contribution in [0.5, 0.6) is 0 Å². The van der Waals surface area contributed by atoms with E-state index in [1.165, 1.54) is 54.2 Å². The van der Waals surface area contributed by atoms with Crippen LogP contribution in [0.4, 0.5) is 0 Å². The van der Waals surface area contributed by atoms with Gasteiger partial charge in [0.25, 0.3) is 0 Å². The van der Waals surface area contributed by atoms with E-state index >= 15 is 0 Å². The zero-order valence-electron chi connectivity index (χ0n) is 5.48. The van der Waals surface area contributed by atoms with Crippen LogP contribution < -0.4 is 0 Å². The zero-order valence-corrected chi connectivity index (χ0v) is 9.08. The second-order valence-electron chi connectivity index (χ2n) is 1.81. The molecule has 0 aromatic carbocycles. The van der Waals surface area contributed by atoms with Gasteiger partial charge in [-0.05, 0) is 0 Å². The topological polar surface area (TPSA) is 30.0 Å². The molecule has 0 amide bonds. The minimum Gasteiger partial charge on any atom is -0.870 e. The molecular weight excluding hydrogens is 267 g/mol. The Bertz CT molecular complexity index is 27.7. The molecule has 0 fully saturated rings. The fourth-order valence-electron chi connectivity index (χ4n) is 0.552. The van der Waals surface area contributed by atoms with Gasteiger partial charge >= 0.3 is 61.2 Å². The van der Waals surface area contributed by atoms with Crippen LogP contribution in [0.2, 0.25) is 4.18 Å². The molecule has 0 aromatic heterocycles. The summed E-state index contributed by atoms with van der Waals surface area (Å²) in [6, 6.07) is 0. The molecular formula is C6H14HfO. The van der Waals surface area contributed by atoms with E-state index < -0.39 is 0 Å². The van der Waals surface area contributed by atoms with Crippen LogP contribution in [-0.4, -0.2) is 5.48 Å². The summed E-state index contributed by atoms with van der Waals surface area (Å²) in [5, 5.41) is 0. The van der Waals surface area contributed by atoms with Crippen molar-refractivity contribution in [2.75, 3.05) is 0 Å². The van der Waals surface area contributed by atoms with Gasteiger partial charge < -0.3 is 5.48 Å². The number of hydrogen-bond donors (Lipinski definition) is 0. The van der Waals surface area contributed by atoms with Crippen molar-refractivity contribution in [2.45, 2.75) is 36.8 Å². The average molecular weight is 281 g/mol. The van der Waals surface area contributed by atoms with Gasteiger partial charge in [-0.2, -0.15) is 0 Å². The van der Waals surface area contributed by atoms with Crippen LogP contribution >= 0.6 is 0 Å². The Balaban J connectivity index is 0. The van der Waals surface area contributed by atoms with Crippen molar-refractivity contribution in [3.8, 4) is 0 Å². The molecule has 1 nitrogen and oxygen atoms in total. The first-order chi connectivity index (χ1) is 3.41. The minimum absolute atomic E-state index is 0. The zero-order chi connectivity index (χ0) is 5.54. The predicted octanol–water partition coefficient (Wildman–Crippen LogP) is 2.36. The Morgan fingerprint density at radius 2 is 1.75 bits per heavy atom. The first-order valence-electron chi connectivity index (χ1n) is 3.06. The molecule has 0 unspecified atom stereocenters. The first kappa shape index (κ1) is 11.6. The Labute approximate surface area is 66.7 Å². The summed E-state index contributed by atoms with van der Waals surface area (Å²) in [6.07, 6.45) is 5.78. The predicted molar refractivity (Wildman–Crippen MR) is 30.9 cm³/mol. The summed E-state index contributed by atoms with van der Waals surface area (Å²) in [5.74, 6) is 0. The van der Waals surface area contributed by atoms with Crippen molar-refractivity contribution in [1.29, 1.82) is 0 Å². The van der Waals surface area contributed by atoms with Gasteiger partial charge in [-0.15, -0.1) is 0 Å².